The predicted octanol–water partition coefficient (Wildman–Crippen LogP) is 1.23. The van der Waals surface area contributed by atoms with E-state index < -0.39 is 10.0 Å². The highest BCUT2D eigenvalue weighted by molar-refractivity contribution is 7.91. The van der Waals surface area contributed by atoms with Crippen LogP contribution in [0.25, 0.3) is 0 Å². The van der Waals surface area contributed by atoms with Gasteiger partial charge in [0.15, 0.2) is 0 Å². The van der Waals surface area contributed by atoms with Crippen molar-refractivity contribution in [1.29, 1.82) is 0 Å². The first kappa shape index (κ1) is 19.3. The Morgan fingerprint density at radius 1 is 1.19 bits per heavy atom. The number of hydrogen-bond acceptors (Lipinski definition) is 5. The average Bonchev–Trinajstić information content (AvgIpc) is 3.23. The molecule has 1 aromatic rings. The van der Waals surface area contributed by atoms with Crippen LogP contribution in [0, 0.1) is 5.92 Å². The molecule has 0 saturated carbocycles. The van der Waals surface area contributed by atoms with Crippen LogP contribution in [0.15, 0.2) is 21.7 Å². The molecule has 3 rings (SSSR count). The van der Waals surface area contributed by atoms with Crippen LogP contribution in [-0.4, -0.2) is 72.6 Å². The van der Waals surface area contributed by atoms with Crippen LogP contribution in [0.2, 0.25) is 0 Å². The molecule has 9 heteroatoms. The molecule has 2 aliphatic rings. The van der Waals surface area contributed by atoms with Crippen LogP contribution in [-0.2, 0) is 19.6 Å². The number of carbonyl (C=O) groups is 2. The summed E-state index contributed by atoms with van der Waals surface area (Å²) in [5.41, 5.74) is -0.292. The van der Waals surface area contributed by atoms with E-state index in [0.717, 1.165) is 0 Å². The Bertz CT molecular complexity index is 775. The molecule has 0 aromatic carbocycles. The molecule has 7 nitrogen and oxygen atoms in total. The first-order chi connectivity index (χ1) is 12.1. The van der Waals surface area contributed by atoms with Gasteiger partial charge in [-0.3, -0.25) is 9.59 Å². The van der Waals surface area contributed by atoms with Crippen LogP contribution >= 0.6 is 11.3 Å². The molecule has 1 aromatic heterocycles. The van der Waals surface area contributed by atoms with Crippen molar-refractivity contribution in [3.63, 3.8) is 0 Å². The smallest absolute Gasteiger partial charge is 0.252 e. The fraction of sp³-hybridized carbons (Fsp3) is 0.647. The van der Waals surface area contributed by atoms with Gasteiger partial charge in [-0.25, -0.2) is 8.42 Å². The van der Waals surface area contributed by atoms with Gasteiger partial charge in [0.25, 0.3) is 10.0 Å². The summed E-state index contributed by atoms with van der Waals surface area (Å²) in [5.74, 6) is -0.366. The fourth-order valence-corrected chi connectivity index (χ4v) is 6.03. The lowest BCUT2D eigenvalue weighted by molar-refractivity contribution is -0.137. The molecule has 0 N–H and O–H groups in total. The zero-order valence-electron chi connectivity index (χ0n) is 15.3. The van der Waals surface area contributed by atoms with E-state index >= 15 is 0 Å². The molecule has 2 saturated heterocycles. The third-order valence-electron chi connectivity index (χ3n) is 4.92. The first-order valence-corrected chi connectivity index (χ1v) is 11.1. The predicted molar refractivity (Wildman–Crippen MR) is 99.2 cm³/mol. The number of carbonyl (C=O) groups excluding carboxylic acids is 2. The van der Waals surface area contributed by atoms with Crippen molar-refractivity contribution in [3.8, 4) is 0 Å². The van der Waals surface area contributed by atoms with Gasteiger partial charge < -0.3 is 9.80 Å². The molecular weight excluding hydrogens is 374 g/mol. The zero-order valence-corrected chi connectivity index (χ0v) is 17.0. The third-order valence-corrected chi connectivity index (χ3v) is 8.20. The van der Waals surface area contributed by atoms with E-state index in [2.05, 4.69) is 0 Å². The number of likely N-dealkylation sites (tertiary alicyclic amines) is 1. The quantitative estimate of drug-likeness (QED) is 0.766. The Morgan fingerprint density at radius 3 is 2.35 bits per heavy atom. The summed E-state index contributed by atoms with van der Waals surface area (Å²) < 4.78 is 26.9. The van der Waals surface area contributed by atoms with E-state index in [0.29, 0.717) is 23.8 Å². The second kappa shape index (κ2) is 6.94. The minimum atomic E-state index is -3.47. The molecular formula is C17H25N3O4S2. The molecule has 2 amide bonds. The van der Waals surface area contributed by atoms with Gasteiger partial charge in [0, 0.05) is 44.7 Å². The van der Waals surface area contributed by atoms with E-state index in [9.17, 15) is 18.0 Å². The summed E-state index contributed by atoms with van der Waals surface area (Å²) in [5, 5.41) is 1.74. The lowest BCUT2D eigenvalue weighted by Gasteiger charge is -2.35. The van der Waals surface area contributed by atoms with Crippen LogP contribution in [0.4, 0.5) is 0 Å². The lowest BCUT2D eigenvalue weighted by Crippen LogP contribution is -2.52. The van der Waals surface area contributed by atoms with Crippen molar-refractivity contribution < 1.29 is 18.0 Å². The van der Waals surface area contributed by atoms with Gasteiger partial charge in [0.05, 0.1) is 5.92 Å². The normalized spacial score (nSPS) is 22.9. The zero-order chi connectivity index (χ0) is 19.1. The second-order valence-corrected chi connectivity index (χ2v) is 10.9. The first-order valence-electron chi connectivity index (χ1n) is 8.73. The monoisotopic (exact) mass is 399 g/mol. The van der Waals surface area contributed by atoms with E-state index in [4.69, 9.17) is 0 Å². The highest BCUT2D eigenvalue weighted by Gasteiger charge is 2.41. The standard InChI is InChI=1S/C17H25N3O4S2/c1-17(2,3)20-12-13(11-14(20)21)16(22)18-6-8-19(9-7-18)26(23,24)15-5-4-10-25-15/h4-5,10,13H,6-9,11-12H2,1-3H3. The Hall–Kier alpha value is -1.45. The molecule has 0 aliphatic carbocycles. The number of piperazine rings is 1. The number of sulfonamides is 1. The van der Waals surface area contributed by atoms with Gasteiger partial charge in [-0.2, -0.15) is 4.31 Å². The molecule has 0 spiro atoms. The topological polar surface area (TPSA) is 78.0 Å². The molecule has 2 aliphatic heterocycles. The maximum atomic E-state index is 12.8. The molecule has 2 fully saturated rings. The van der Waals surface area contributed by atoms with Crippen LogP contribution in [0.3, 0.4) is 0 Å². The van der Waals surface area contributed by atoms with Crippen molar-refractivity contribution in [2.24, 2.45) is 5.92 Å². The van der Waals surface area contributed by atoms with Crippen molar-refractivity contribution in [2.45, 2.75) is 36.9 Å². The fourth-order valence-electron chi connectivity index (χ4n) is 3.47. The van der Waals surface area contributed by atoms with Crippen molar-refractivity contribution in [3.05, 3.63) is 17.5 Å². The maximum Gasteiger partial charge on any atom is 0.252 e. The number of hydrogen-bond donors (Lipinski definition) is 0. The van der Waals surface area contributed by atoms with Crippen LogP contribution < -0.4 is 0 Å². The number of amides is 2. The summed E-state index contributed by atoms with van der Waals surface area (Å²) in [6, 6.07) is 3.32. The van der Waals surface area contributed by atoms with E-state index in [-0.39, 0.29) is 42.8 Å². The summed E-state index contributed by atoms with van der Waals surface area (Å²) in [6.45, 7) is 7.64. The Labute approximate surface area is 158 Å². The molecule has 1 unspecified atom stereocenters. The van der Waals surface area contributed by atoms with Crippen molar-refractivity contribution >= 4 is 33.2 Å². The summed E-state index contributed by atoms with van der Waals surface area (Å²) in [4.78, 5) is 28.4. The van der Waals surface area contributed by atoms with Gasteiger partial charge in [0.2, 0.25) is 11.8 Å². The Morgan fingerprint density at radius 2 is 1.85 bits per heavy atom. The van der Waals surface area contributed by atoms with Gasteiger partial charge in [0.1, 0.15) is 4.21 Å². The number of thiophene rings is 1. The van der Waals surface area contributed by atoms with Crippen molar-refractivity contribution in [2.75, 3.05) is 32.7 Å². The highest BCUT2D eigenvalue weighted by atomic mass is 32.2. The number of nitrogens with zero attached hydrogens (tertiary/aromatic N) is 3. The molecule has 0 radical (unpaired) electrons. The molecule has 0 bridgehead atoms. The van der Waals surface area contributed by atoms with Gasteiger partial charge in [-0.15, -0.1) is 11.3 Å². The molecule has 3 heterocycles. The third kappa shape index (κ3) is 3.65. The highest BCUT2D eigenvalue weighted by Crippen LogP contribution is 2.28. The largest absolute Gasteiger partial charge is 0.340 e. The minimum absolute atomic E-state index is 0.00904. The minimum Gasteiger partial charge on any atom is -0.340 e. The van der Waals surface area contributed by atoms with Crippen LogP contribution in [0.5, 0.6) is 0 Å². The molecule has 1 atom stereocenters. The maximum absolute atomic E-state index is 12.8. The summed E-state index contributed by atoms with van der Waals surface area (Å²) in [7, 11) is -3.47. The SMILES string of the molecule is CC(C)(C)N1CC(C(=O)N2CCN(S(=O)(=O)c3cccs3)CC2)CC1=O. The summed E-state index contributed by atoms with van der Waals surface area (Å²) in [6.07, 6.45) is 0.240. The molecule has 144 valence electrons. The van der Waals surface area contributed by atoms with Crippen molar-refractivity contribution in [1.82, 2.24) is 14.1 Å². The Balaban J connectivity index is 1.60. The van der Waals surface area contributed by atoms with Crippen LogP contribution in [0.1, 0.15) is 27.2 Å². The second-order valence-electron chi connectivity index (χ2n) is 7.74. The summed E-state index contributed by atoms with van der Waals surface area (Å²) >= 11 is 1.20. The van der Waals surface area contributed by atoms with Gasteiger partial charge in [-0.1, -0.05) is 6.07 Å². The van der Waals surface area contributed by atoms with E-state index in [1.165, 1.54) is 15.6 Å². The van der Waals surface area contributed by atoms with Gasteiger partial charge in [-0.05, 0) is 32.2 Å². The lowest BCUT2D eigenvalue weighted by atomic mass is 10.1. The number of rotatable bonds is 3. The van der Waals surface area contributed by atoms with Gasteiger partial charge >= 0.3 is 0 Å². The Kier molecular flexibility index (Phi) is 5.15. The average molecular weight is 400 g/mol. The molecule has 26 heavy (non-hydrogen) atoms. The van der Waals surface area contributed by atoms with E-state index in [1.54, 1.807) is 27.3 Å². The van der Waals surface area contributed by atoms with E-state index in [1.807, 2.05) is 20.8 Å².